The van der Waals surface area contributed by atoms with Crippen LogP contribution in [-0.4, -0.2) is 24.8 Å². The van der Waals surface area contributed by atoms with Gasteiger partial charge >= 0.3 is 12.1 Å². The average molecular weight is 300 g/mol. The Labute approximate surface area is 123 Å². The molecule has 0 aliphatic heterocycles. The molecule has 0 radical (unpaired) electrons. The van der Waals surface area contributed by atoms with Gasteiger partial charge in [-0.2, -0.15) is 0 Å². The monoisotopic (exact) mass is 299 g/mol. The van der Waals surface area contributed by atoms with E-state index >= 15 is 0 Å². The Balaban J connectivity index is 2.70. The number of rotatable bonds is 3. The molecule has 20 heavy (non-hydrogen) atoms. The normalized spacial score (nSPS) is 10.8. The smallest absolute Gasteiger partial charge is 0.407 e. The topological polar surface area (TPSA) is 64.6 Å². The zero-order valence-corrected chi connectivity index (χ0v) is 12.7. The maximum atomic E-state index is 11.5. The molecule has 110 valence electrons. The Morgan fingerprint density at radius 1 is 1.30 bits per heavy atom. The van der Waals surface area contributed by atoms with Gasteiger partial charge in [-0.3, -0.25) is 0 Å². The molecule has 0 spiro atoms. The maximum Gasteiger partial charge on any atom is 0.407 e. The molecule has 0 aliphatic rings. The van der Waals surface area contributed by atoms with Crippen LogP contribution < -0.4 is 5.32 Å². The molecule has 1 aromatic carbocycles. The molecule has 0 heterocycles. The summed E-state index contributed by atoms with van der Waals surface area (Å²) in [6.07, 6.45) is -0.521. The molecule has 1 N–H and O–H groups in total. The number of methoxy groups -OCH3 is 1. The maximum absolute atomic E-state index is 11.5. The number of esters is 1. The highest BCUT2D eigenvalue weighted by Gasteiger charge is 2.16. The van der Waals surface area contributed by atoms with Crippen LogP contribution >= 0.6 is 11.6 Å². The predicted octanol–water partition coefficient (Wildman–Crippen LogP) is 3.15. The number of hydrogen-bond acceptors (Lipinski definition) is 4. The lowest BCUT2D eigenvalue weighted by atomic mass is 10.1. The van der Waals surface area contributed by atoms with Crippen molar-refractivity contribution in [3.05, 3.63) is 34.3 Å². The number of halogens is 1. The van der Waals surface area contributed by atoms with Crippen molar-refractivity contribution in [1.29, 1.82) is 0 Å². The highest BCUT2D eigenvalue weighted by molar-refractivity contribution is 6.33. The number of amides is 1. The molecule has 1 amide bonds. The zero-order chi connectivity index (χ0) is 15.3. The first-order chi connectivity index (χ1) is 9.23. The van der Waals surface area contributed by atoms with Crippen molar-refractivity contribution in [2.24, 2.45) is 0 Å². The van der Waals surface area contributed by atoms with Crippen LogP contribution in [0.5, 0.6) is 0 Å². The molecule has 6 heteroatoms. The van der Waals surface area contributed by atoms with Crippen LogP contribution in [0.1, 0.15) is 36.7 Å². The summed E-state index contributed by atoms with van der Waals surface area (Å²) in [5.74, 6) is -0.519. The zero-order valence-electron chi connectivity index (χ0n) is 12.0. The Morgan fingerprint density at radius 2 is 1.95 bits per heavy atom. The minimum atomic E-state index is -0.554. The summed E-state index contributed by atoms with van der Waals surface area (Å²) in [5.41, 5.74) is 0.430. The first-order valence-electron chi connectivity index (χ1n) is 6.06. The lowest BCUT2D eigenvalue weighted by molar-refractivity contribution is 0.0523. The Bertz CT molecular complexity index is 508. The number of ether oxygens (including phenoxy) is 2. The molecule has 0 fully saturated rings. The molecule has 0 unspecified atom stereocenters. The number of hydrogen-bond donors (Lipinski definition) is 1. The Morgan fingerprint density at radius 3 is 2.50 bits per heavy atom. The van der Waals surface area contributed by atoms with Gasteiger partial charge in [-0.25, -0.2) is 9.59 Å². The molecule has 1 aromatic rings. The van der Waals surface area contributed by atoms with Crippen LogP contribution in [0.3, 0.4) is 0 Å². The number of benzene rings is 1. The number of alkyl carbamates (subject to hydrolysis) is 1. The lowest BCUT2D eigenvalue weighted by Gasteiger charge is -2.19. The summed E-state index contributed by atoms with van der Waals surface area (Å²) in [6.45, 7) is 5.58. The van der Waals surface area contributed by atoms with Crippen molar-refractivity contribution in [2.75, 3.05) is 7.11 Å². The fourth-order valence-electron chi connectivity index (χ4n) is 1.44. The van der Waals surface area contributed by atoms with Crippen molar-refractivity contribution in [3.63, 3.8) is 0 Å². The van der Waals surface area contributed by atoms with Gasteiger partial charge in [-0.05, 0) is 38.5 Å². The summed E-state index contributed by atoms with van der Waals surface area (Å²) in [6, 6.07) is 4.87. The molecular weight excluding hydrogens is 282 g/mol. The average Bonchev–Trinajstić information content (AvgIpc) is 2.35. The summed E-state index contributed by atoms with van der Waals surface area (Å²) in [4.78, 5) is 23.0. The lowest BCUT2D eigenvalue weighted by Crippen LogP contribution is -2.32. The predicted molar refractivity (Wildman–Crippen MR) is 75.9 cm³/mol. The molecule has 5 nitrogen and oxygen atoms in total. The molecule has 0 atom stereocenters. The third kappa shape index (κ3) is 5.09. The molecule has 0 aliphatic carbocycles. The van der Waals surface area contributed by atoms with Gasteiger partial charge in [0.25, 0.3) is 0 Å². The summed E-state index contributed by atoms with van der Waals surface area (Å²) < 4.78 is 9.74. The number of carbonyl (C=O) groups is 2. The van der Waals surface area contributed by atoms with Crippen LogP contribution in [0.4, 0.5) is 4.79 Å². The fraction of sp³-hybridized carbons (Fsp3) is 0.429. The van der Waals surface area contributed by atoms with Crippen LogP contribution in [0.25, 0.3) is 0 Å². The minimum Gasteiger partial charge on any atom is -0.465 e. The number of carbonyl (C=O) groups excluding carboxylic acids is 2. The molecule has 0 saturated heterocycles. The molecule has 0 bridgehead atoms. The van der Waals surface area contributed by atoms with E-state index in [0.717, 1.165) is 5.56 Å². The van der Waals surface area contributed by atoms with Gasteiger partial charge < -0.3 is 14.8 Å². The second kappa shape index (κ2) is 6.61. The highest BCUT2D eigenvalue weighted by Crippen LogP contribution is 2.18. The van der Waals surface area contributed by atoms with E-state index in [9.17, 15) is 9.59 Å². The van der Waals surface area contributed by atoms with Crippen molar-refractivity contribution >= 4 is 23.7 Å². The molecule has 0 saturated carbocycles. The van der Waals surface area contributed by atoms with E-state index in [1.165, 1.54) is 7.11 Å². The Hall–Kier alpha value is -1.75. The fourth-order valence-corrected chi connectivity index (χ4v) is 1.63. The second-order valence-electron chi connectivity index (χ2n) is 5.16. The minimum absolute atomic E-state index is 0.232. The standard InChI is InChI=1S/C14H18ClNO4/c1-14(2,3)20-13(18)16-8-9-5-6-11(15)10(7-9)12(17)19-4/h5-7H,8H2,1-4H3,(H,16,18). The van der Waals surface area contributed by atoms with Gasteiger partial charge in [-0.15, -0.1) is 0 Å². The molecule has 1 rings (SSSR count). The van der Waals surface area contributed by atoms with E-state index in [4.69, 9.17) is 16.3 Å². The van der Waals surface area contributed by atoms with Crippen molar-refractivity contribution < 1.29 is 19.1 Å². The molecular formula is C14H18ClNO4. The third-order valence-electron chi connectivity index (χ3n) is 2.27. The van der Waals surface area contributed by atoms with Crippen molar-refractivity contribution in [3.8, 4) is 0 Å². The first kappa shape index (κ1) is 16.3. The third-order valence-corrected chi connectivity index (χ3v) is 2.60. The van der Waals surface area contributed by atoms with E-state index in [2.05, 4.69) is 10.1 Å². The summed E-state index contributed by atoms with van der Waals surface area (Å²) in [7, 11) is 1.28. The largest absolute Gasteiger partial charge is 0.465 e. The molecule has 0 aromatic heterocycles. The first-order valence-corrected chi connectivity index (χ1v) is 6.44. The SMILES string of the molecule is COC(=O)c1cc(CNC(=O)OC(C)(C)C)ccc1Cl. The highest BCUT2D eigenvalue weighted by atomic mass is 35.5. The van der Waals surface area contributed by atoms with Crippen LogP contribution in [0.2, 0.25) is 5.02 Å². The Kier molecular flexibility index (Phi) is 5.39. The van der Waals surface area contributed by atoms with E-state index in [0.29, 0.717) is 5.02 Å². The van der Waals surface area contributed by atoms with Gasteiger partial charge in [0, 0.05) is 6.54 Å². The number of nitrogens with one attached hydrogen (secondary N) is 1. The van der Waals surface area contributed by atoms with Gasteiger partial charge in [0.2, 0.25) is 0 Å². The van der Waals surface area contributed by atoms with Crippen LogP contribution in [0.15, 0.2) is 18.2 Å². The second-order valence-corrected chi connectivity index (χ2v) is 5.57. The quantitative estimate of drug-likeness (QED) is 0.871. The van der Waals surface area contributed by atoms with Gasteiger partial charge in [-0.1, -0.05) is 17.7 Å². The van der Waals surface area contributed by atoms with E-state index in [-0.39, 0.29) is 12.1 Å². The summed E-state index contributed by atoms with van der Waals surface area (Å²) in [5, 5.41) is 2.91. The van der Waals surface area contributed by atoms with Crippen molar-refractivity contribution in [1.82, 2.24) is 5.32 Å². The van der Waals surface area contributed by atoms with E-state index < -0.39 is 17.7 Å². The van der Waals surface area contributed by atoms with Crippen LogP contribution in [-0.2, 0) is 16.0 Å². The van der Waals surface area contributed by atoms with Gasteiger partial charge in [0.05, 0.1) is 17.7 Å². The van der Waals surface area contributed by atoms with Gasteiger partial charge in [0.15, 0.2) is 0 Å². The summed E-state index contributed by atoms with van der Waals surface area (Å²) >= 11 is 5.91. The van der Waals surface area contributed by atoms with Crippen LogP contribution in [0, 0.1) is 0 Å². The van der Waals surface area contributed by atoms with Crippen molar-refractivity contribution in [2.45, 2.75) is 32.9 Å². The van der Waals surface area contributed by atoms with E-state index in [1.54, 1.807) is 39.0 Å². The van der Waals surface area contributed by atoms with E-state index in [1.807, 2.05) is 0 Å². The van der Waals surface area contributed by atoms with Gasteiger partial charge in [0.1, 0.15) is 5.60 Å².